The van der Waals surface area contributed by atoms with Crippen molar-refractivity contribution in [3.05, 3.63) is 83.9 Å². The van der Waals surface area contributed by atoms with Crippen molar-refractivity contribution in [1.82, 2.24) is 0 Å². The van der Waals surface area contributed by atoms with Crippen LogP contribution in [0.1, 0.15) is 10.4 Å². The molecule has 5 N–H and O–H groups in total. The van der Waals surface area contributed by atoms with Gasteiger partial charge in [0.2, 0.25) is 0 Å². The second-order valence-electron chi connectivity index (χ2n) is 6.28. The summed E-state index contributed by atoms with van der Waals surface area (Å²) in [5.74, 6) is -2.93. The summed E-state index contributed by atoms with van der Waals surface area (Å²) < 4.78 is 53.2. The molecule has 0 aliphatic heterocycles. The molecule has 0 atom stereocenters. The van der Waals surface area contributed by atoms with Crippen molar-refractivity contribution in [3.8, 4) is 0 Å². The number of carbonyl (C=O) groups excluding carboxylic acids is 2. The number of amides is 3. The van der Waals surface area contributed by atoms with E-state index in [1.165, 1.54) is 30.3 Å². The summed E-state index contributed by atoms with van der Waals surface area (Å²) >= 11 is 0. The van der Waals surface area contributed by atoms with E-state index in [1.807, 2.05) is 0 Å². The van der Waals surface area contributed by atoms with Crippen LogP contribution in [0.25, 0.3) is 0 Å². The summed E-state index contributed by atoms with van der Waals surface area (Å²) in [5, 5.41) is 5.02. The maximum absolute atomic E-state index is 13.3. The highest BCUT2D eigenvalue weighted by atomic mass is 32.2. The number of halogens is 2. The van der Waals surface area contributed by atoms with Crippen LogP contribution < -0.4 is 21.1 Å². The molecule has 0 saturated carbocycles. The fourth-order valence-corrected chi connectivity index (χ4v) is 3.64. The third kappa shape index (κ3) is 5.54. The van der Waals surface area contributed by atoms with Gasteiger partial charge in [-0.1, -0.05) is 6.07 Å². The second-order valence-corrected chi connectivity index (χ2v) is 7.97. The van der Waals surface area contributed by atoms with Gasteiger partial charge in [-0.15, -0.1) is 0 Å². The standard InChI is InChI=1S/C20H16F2N4O4S/c21-17-9-8-16(11-18(17)22)31(29,30)26-13-6-4-12(5-7-13)19(27)24-14-2-1-3-15(10-14)25-20(23)28/h1-11,26H,(H,24,27)(H3,23,25,28). The molecule has 0 radical (unpaired) electrons. The quantitative estimate of drug-likeness (QED) is 0.462. The van der Waals surface area contributed by atoms with Crippen LogP contribution in [0.4, 0.5) is 30.6 Å². The number of hydrogen-bond donors (Lipinski definition) is 4. The minimum Gasteiger partial charge on any atom is -0.351 e. The number of urea groups is 1. The lowest BCUT2D eigenvalue weighted by atomic mass is 10.2. The second kappa shape index (κ2) is 8.79. The summed E-state index contributed by atoms with van der Waals surface area (Å²) in [4.78, 5) is 22.9. The lowest BCUT2D eigenvalue weighted by Crippen LogP contribution is -2.19. The van der Waals surface area contributed by atoms with E-state index in [-0.39, 0.29) is 11.3 Å². The van der Waals surface area contributed by atoms with E-state index >= 15 is 0 Å². The smallest absolute Gasteiger partial charge is 0.316 e. The maximum atomic E-state index is 13.3. The molecular weight excluding hydrogens is 430 g/mol. The lowest BCUT2D eigenvalue weighted by Gasteiger charge is -2.10. The summed E-state index contributed by atoms with van der Waals surface area (Å²) in [6, 6.07) is 13.2. The van der Waals surface area contributed by atoms with Crippen LogP contribution in [-0.2, 0) is 10.0 Å². The van der Waals surface area contributed by atoms with E-state index in [2.05, 4.69) is 15.4 Å². The Morgan fingerprint density at radius 3 is 2.03 bits per heavy atom. The first-order valence-electron chi connectivity index (χ1n) is 8.70. The zero-order chi connectivity index (χ0) is 22.6. The Morgan fingerprint density at radius 1 is 0.774 bits per heavy atom. The van der Waals surface area contributed by atoms with Gasteiger partial charge in [-0.25, -0.2) is 22.0 Å². The Hall–Kier alpha value is -3.99. The molecule has 0 aromatic heterocycles. The van der Waals surface area contributed by atoms with E-state index in [1.54, 1.807) is 18.2 Å². The fourth-order valence-electron chi connectivity index (χ4n) is 2.57. The van der Waals surface area contributed by atoms with Gasteiger partial charge in [0, 0.05) is 22.6 Å². The number of nitrogens with one attached hydrogen (secondary N) is 3. The molecule has 3 rings (SSSR count). The number of rotatable bonds is 6. The first kappa shape index (κ1) is 21.7. The minimum atomic E-state index is -4.15. The first-order valence-corrected chi connectivity index (χ1v) is 10.2. The zero-order valence-electron chi connectivity index (χ0n) is 15.7. The number of carbonyl (C=O) groups is 2. The molecule has 160 valence electrons. The van der Waals surface area contributed by atoms with E-state index in [0.29, 0.717) is 23.5 Å². The topological polar surface area (TPSA) is 130 Å². The van der Waals surface area contributed by atoms with E-state index in [4.69, 9.17) is 5.73 Å². The Kier molecular flexibility index (Phi) is 6.16. The van der Waals surface area contributed by atoms with Gasteiger partial charge in [-0.3, -0.25) is 9.52 Å². The van der Waals surface area contributed by atoms with Gasteiger partial charge in [0.25, 0.3) is 15.9 Å². The molecule has 0 fully saturated rings. The predicted molar refractivity (Wildman–Crippen MR) is 111 cm³/mol. The Bertz CT molecular complexity index is 1250. The maximum Gasteiger partial charge on any atom is 0.316 e. The molecule has 0 aliphatic rings. The lowest BCUT2D eigenvalue weighted by molar-refractivity contribution is 0.102. The number of primary amides is 1. The van der Waals surface area contributed by atoms with E-state index in [0.717, 1.165) is 6.07 Å². The Morgan fingerprint density at radius 2 is 1.42 bits per heavy atom. The van der Waals surface area contributed by atoms with Crippen molar-refractivity contribution in [1.29, 1.82) is 0 Å². The number of sulfonamides is 1. The number of benzene rings is 3. The highest BCUT2D eigenvalue weighted by Crippen LogP contribution is 2.20. The van der Waals surface area contributed by atoms with Crippen LogP contribution in [0.2, 0.25) is 0 Å². The Labute approximate surface area is 176 Å². The minimum absolute atomic E-state index is 0.119. The van der Waals surface area contributed by atoms with Gasteiger partial charge in [0.1, 0.15) is 0 Å². The van der Waals surface area contributed by atoms with Crippen LogP contribution in [0.5, 0.6) is 0 Å². The van der Waals surface area contributed by atoms with Crippen molar-refractivity contribution in [2.45, 2.75) is 4.90 Å². The van der Waals surface area contributed by atoms with Crippen LogP contribution in [0.15, 0.2) is 71.6 Å². The third-order valence-corrected chi connectivity index (χ3v) is 5.37. The van der Waals surface area contributed by atoms with Crippen LogP contribution in [0.3, 0.4) is 0 Å². The molecule has 11 heteroatoms. The van der Waals surface area contributed by atoms with Gasteiger partial charge in [0.15, 0.2) is 11.6 Å². The van der Waals surface area contributed by atoms with Crippen molar-refractivity contribution in [3.63, 3.8) is 0 Å². The summed E-state index contributed by atoms with van der Waals surface area (Å²) in [6.45, 7) is 0. The Balaban J connectivity index is 1.70. The van der Waals surface area contributed by atoms with Gasteiger partial charge in [0.05, 0.1) is 4.90 Å². The number of anilines is 3. The van der Waals surface area contributed by atoms with Crippen molar-refractivity contribution < 1.29 is 26.8 Å². The van der Waals surface area contributed by atoms with Crippen LogP contribution in [0, 0.1) is 11.6 Å². The molecule has 0 bridgehead atoms. The highest BCUT2D eigenvalue weighted by Gasteiger charge is 2.17. The normalized spacial score (nSPS) is 10.9. The molecule has 3 aromatic carbocycles. The largest absolute Gasteiger partial charge is 0.351 e. The molecule has 0 saturated heterocycles. The summed E-state index contributed by atoms with van der Waals surface area (Å²) in [6.07, 6.45) is 0. The van der Waals surface area contributed by atoms with E-state index in [9.17, 15) is 26.8 Å². The number of hydrogen-bond acceptors (Lipinski definition) is 4. The predicted octanol–water partition coefficient (Wildman–Crippen LogP) is 3.51. The molecule has 0 spiro atoms. The molecule has 0 aliphatic carbocycles. The zero-order valence-corrected chi connectivity index (χ0v) is 16.5. The average Bonchev–Trinajstić information content (AvgIpc) is 2.70. The molecule has 0 unspecified atom stereocenters. The average molecular weight is 446 g/mol. The highest BCUT2D eigenvalue weighted by molar-refractivity contribution is 7.92. The van der Waals surface area contributed by atoms with Gasteiger partial charge >= 0.3 is 6.03 Å². The van der Waals surface area contributed by atoms with Crippen molar-refractivity contribution >= 4 is 39.0 Å². The first-order chi connectivity index (χ1) is 14.6. The van der Waals surface area contributed by atoms with Crippen molar-refractivity contribution in [2.75, 3.05) is 15.4 Å². The molecule has 31 heavy (non-hydrogen) atoms. The van der Waals surface area contributed by atoms with Crippen molar-refractivity contribution in [2.24, 2.45) is 5.73 Å². The molecule has 3 amide bonds. The molecular formula is C20H16F2N4O4S. The fraction of sp³-hybridized carbons (Fsp3) is 0. The van der Waals surface area contributed by atoms with Gasteiger partial charge in [-0.2, -0.15) is 0 Å². The SMILES string of the molecule is NC(=O)Nc1cccc(NC(=O)c2ccc(NS(=O)(=O)c3ccc(F)c(F)c3)cc2)c1. The van der Waals surface area contributed by atoms with Gasteiger partial charge < -0.3 is 16.4 Å². The molecule has 8 nitrogen and oxygen atoms in total. The monoisotopic (exact) mass is 446 g/mol. The number of nitrogens with two attached hydrogens (primary N) is 1. The van der Waals surface area contributed by atoms with Crippen LogP contribution >= 0.6 is 0 Å². The molecule has 3 aromatic rings. The third-order valence-electron chi connectivity index (χ3n) is 3.99. The summed E-state index contributed by atoms with van der Waals surface area (Å²) in [7, 11) is -4.15. The summed E-state index contributed by atoms with van der Waals surface area (Å²) in [5.41, 5.74) is 6.20. The van der Waals surface area contributed by atoms with Crippen LogP contribution in [-0.4, -0.2) is 20.4 Å². The van der Waals surface area contributed by atoms with E-state index < -0.39 is 38.5 Å². The van der Waals surface area contributed by atoms with Gasteiger partial charge in [-0.05, 0) is 60.7 Å². The molecule has 0 heterocycles.